The fraction of sp³-hybridized carbons (Fsp3) is 0.316. The number of aryl methyl sites for hydroxylation is 2. The number of aromatic nitrogens is 2. The average Bonchev–Trinajstić information content (AvgIpc) is 3.06. The predicted molar refractivity (Wildman–Crippen MR) is 100 cm³/mol. The number of nitrogens with zero attached hydrogens (tertiary/aromatic N) is 2. The highest BCUT2D eigenvalue weighted by Gasteiger charge is 2.37. The third-order valence-electron chi connectivity index (χ3n) is 4.89. The number of rotatable bonds is 2. The highest BCUT2D eigenvalue weighted by molar-refractivity contribution is 7.17. The van der Waals surface area contributed by atoms with Gasteiger partial charge in [-0.3, -0.25) is 14.0 Å². The van der Waals surface area contributed by atoms with Gasteiger partial charge in [0.25, 0.3) is 11.5 Å². The van der Waals surface area contributed by atoms with Crippen molar-refractivity contribution in [1.82, 2.24) is 9.38 Å². The van der Waals surface area contributed by atoms with E-state index in [1.807, 2.05) is 5.32 Å². The van der Waals surface area contributed by atoms with Crippen LogP contribution in [0.3, 0.4) is 0 Å². The zero-order chi connectivity index (χ0) is 22.6. The third kappa shape index (κ3) is 4.03. The summed E-state index contributed by atoms with van der Waals surface area (Å²) in [4.78, 5) is 30.9. The molecule has 0 spiro atoms. The van der Waals surface area contributed by atoms with Crippen molar-refractivity contribution in [2.24, 2.45) is 0 Å². The summed E-state index contributed by atoms with van der Waals surface area (Å²) < 4.78 is 79.4. The molecule has 0 atom stereocenters. The maximum absolute atomic E-state index is 13.0. The molecule has 4 rings (SSSR count). The number of benzene rings is 1. The average molecular weight is 461 g/mol. The lowest BCUT2D eigenvalue weighted by atomic mass is 10.0. The molecule has 31 heavy (non-hydrogen) atoms. The molecule has 0 aliphatic heterocycles. The number of carbonyl (C=O) groups excluding carboxylic acids is 1. The number of amides is 1. The van der Waals surface area contributed by atoms with Gasteiger partial charge >= 0.3 is 12.4 Å². The zero-order valence-electron chi connectivity index (χ0n) is 15.5. The lowest BCUT2D eigenvalue weighted by Gasteiger charge is -2.15. The molecule has 0 saturated heterocycles. The standard InChI is InChI=1S/C19H13F6N3O2S/c20-18(21,22)9-5-10(19(23,24)25)7-11(6-9)27-15(29)12-8-26-17-28(16(12)30)13-3-1-2-4-14(13)31-17/h5-8H,1-4H2,(H,27,29). The van der Waals surface area contributed by atoms with Crippen LogP contribution in [0.1, 0.15) is 44.9 Å². The van der Waals surface area contributed by atoms with Crippen LogP contribution in [0.5, 0.6) is 0 Å². The molecule has 2 aromatic heterocycles. The van der Waals surface area contributed by atoms with E-state index in [4.69, 9.17) is 0 Å². The van der Waals surface area contributed by atoms with E-state index in [9.17, 15) is 35.9 Å². The highest BCUT2D eigenvalue weighted by Crippen LogP contribution is 2.37. The first-order chi connectivity index (χ1) is 14.4. The van der Waals surface area contributed by atoms with Gasteiger partial charge in [0.2, 0.25) is 0 Å². The lowest BCUT2D eigenvalue weighted by molar-refractivity contribution is -0.143. The quantitative estimate of drug-likeness (QED) is 0.551. The van der Waals surface area contributed by atoms with Gasteiger partial charge < -0.3 is 5.32 Å². The van der Waals surface area contributed by atoms with Crippen LogP contribution in [0.2, 0.25) is 0 Å². The van der Waals surface area contributed by atoms with E-state index in [0.717, 1.165) is 36.0 Å². The van der Waals surface area contributed by atoms with Crippen molar-refractivity contribution in [2.75, 3.05) is 5.32 Å². The summed E-state index contributed by atoms with van der Waals surface area (Å²) in [6.45, 7) is 0. The van der Waals surface area contributed by atoms with E-state index in [-0.39, 0.29) is 6.07 Å². The second-order valence-electron chi connectivity index (χ2n) is 7.02. The Morgan fingerprint density at radius 3 is 2.23 bits per heavy atom. The first-order valence-corrected chi connectivity index (χ1v) is 9.90. The number of hydrogen-bond donors (Lipinski definition) is 1. The molecule has 1 aromatic carbocycles. The van der Waals surface area contributed by atoms with E-state index >= 15 is 0 Å². The molecular weight excluding hydrogens is 448 g/mol. The summed E-state index contributed by atoms with van der Waals surface area (Å²) in [6.07, 6.45) is -5.94. The Morgan fingerprint density at radius 2 is 1.61 bits per heavy atom. The number of hydrogen-bond acceptors (Lipinski definition) is 4. The Kier molecular flexibility index (Phi) is 5.07. The number of halogens is 6. The molecule has 1 aliphatic carbocycles. The Hall–Kier alpha value is -2.89. The third-order valence-corrected chi connectivity index (χ3v) is 6.05. The van der Waals surface area contributed by atoms with Crippen LogP contribution < -0.4 is 10.9 Å². The van der Waals surface area contributed by atoms with Crippen LogP contribution in [0.25, 0.3) is 4.96 Å². The van der Waals surface area contributed by atoms with Crippen LogP contribution in [0.4, 0.5) is 32.0 Å². The largest absolute Gasteiger partial charge is 0.416 e. The van der Waals surface area contributed by atoms with Gasteiger partial charge in [0.15, 0.2) is 4.96 Å². The van der Waals surface area contributed by atoms with E-state index < -0.39 is 46.2 Å². The van der Waals surface area contributed by atoms with Crippen molar-refractivity contribution in [2.45, 2.75) is 38.0 Å². The van der Waals surface area contributed by atoms with Gasteiger partial charge in [0.05, 0.1) is 11.1 Å². The molecule has 12 heteroatoms. The number of anilines is 1. The van der Waals surface area contributed by atoms with Crippen molar-refractivity contribution >= 4 is 27.9 Å². The predicted octanol–water partition coefficient (Wildman–Crippen LogP) is 4.92. The van der Waals surface area contributed by atoms with Crippen molar-refractivity contribution in [1.29, 1.82) is 0 Å². The van der Waals surface area contributed by atoms with Gasteiger partial charge in [-0.1, -0.05) is 0 Å². The van der Waals surface area contributed by atoms with Crippen molar-refractivity contribution < 1.29 is 31.1 Å². The number of thiazole rings is 1. The molecule has 5 nitrogen and oxygen atoms in total. The van der Waals surface area contributed by atoms with Gasteiger partial charge in [-0.25, -0.2) is 4.98 Å². The van der Waals surface area contributed by atoms with Gasteiger partial charge in [-0.2, -0.15) is 26.3 Å². The minimum absolute atomic E-state index is 0.0458. The van der Waals surface area contributed by atoms with Gasteiger partial charge in [0, 0.05) is 22.5 Å². The minimum Gasteiger partial charge on any atom is -0.322 e. The van der Waals surface area contributed by atoms with E-state index in [2.05, 4.69) is 4.98 Å². The van der Waals surface area contributed by atoms with E-state index in [1.165, 1.54) is 15.7 Å². The number of fused-ring (bicyclic) bond motifs is 3. The van der Waals surface area contributed by atoms with Crippen LogP contribution in [-0.4, -0.2) is 15.3 Å². The van der Waals surface area contributed by atoms with E-state index in [0.29, 0.717) is 23.5 Å². The maximum Gasteiger partial charge on any atom is 0.416 e. The molecule has 164 valence electrons. The summed E-state index contributed by atoms with van der Waals surface area (Å²) in [5.41, 5.74) is -4.34. The van der Waals surface area contributed by atoms with Crippen LogP contribution in [-0.2, 0) is 25.2 Å². The summed E-state index contributed by atoms with van der Waals surface area (Å²) >= 11 is 1.32. The molecule has 0 saturated carbocycles. The highest BCUT2D eigenvalue weighted by atomic mass is 32.1. The zero-order valence-corrected chi connectivity index (χ0v) is 16.3. The molecule has 1 amide bonds. The summed E-state index contributed by atoms with van der Waals surface area (Å²) in [5, 5.41) is 1.97. The second kappa shape index (κ2) is 7.36. The first kappa shape index (κ1) is 21.3. The molecule has 0 unspecified atom stereocenters. The number of alkyl halides is 6. The smallest absolute Gasteiger partial charge is 0.322 e. The second-order valence-corrected chi connectivity index (χ2v) is 8.08. The molecule has 1 N–H and O–H groups in total. The van der Waals surface area contributed by atoms with Crippen molar-refractivity contribution in [3.63, 3.8) is 0 Å². The summed E-state index contributed by atoms with van der Waals surface area (Å²) in [5.74, 6) is -1.14. The molecule has 2 heterocycles. The van der Waals surface area contributed by atoms with Gasteiger partial charge in [-0.05, 0) is 43.9 Å². The summed E-state index contributed by atoms with van der Waals surface area (Å²) in [6, 6.07) is 0.710. The fourth-order valence-corrected chi connectivity index (χ4v) is 4.62. The van der Waals surface area contributed by atoms with E-state index in [1.54, 1.807) is 0 Å². The molecule has 3 aromatic rings. The maximum atomic E-state index is 13.0. The fourth-order valence-electron chi connectivity index (χ4n) is 3.45. The monoisotopic (exact) mass is 461 g/mol. The normalized spacial score (nSPS) is 14.5. The first-order valence-electron chi connectivity index (χ1n) is 9.08. The van der Waals surface area contributed by atoms with Crippen LogP contribution >= 0.6 is 11.3 Å². The Bertz CT molecular complexity index is 1210. The Labute approximate surface area is 174 Å². The van der Waals surface area contributed by atoms with Gasteiger partial charge in [-0.15, -0.1) is 11.3 Å². The SMILES string of the molecule is O=C(Nc1cc(C(F)(F)F)cc(C(F)(F)F)c1)c1cnc2sc3c(n2c1=O)CCCC3. The molecule has 0 fully saturated rings. The molecular formula is C19H13F6N3O2S. The Morgan fingerprint density at radius 1 is 1.00 bits per heavy atom. The topological polar surface area (TPSA) is 63.5 Å². The molecule has 0 radical (unpaired) electrons. The lowest BCUT2D eigenvalue weighted by Crippen LogP contribution is -2.27. The van der Waals surface area contributed by atoms with Crippen molar-refractivity contribution in [3.05, 3.63) is 62.0 Å². The van der Waals surface area contributed by atoms with Gasteiger partial charge in [0.1, 0.15) is 5.56 Å². The molecule has 1 aliphatic rings. The molecule has 0 bridgehead atoms. The Balaban J connectivity index is 1.74. The minimum atomic E-state index is -5.06. The number of nitrogens with one attached hydrogen (secondary N) is 1. The summed E-state index contributed by atoms with van der Waals surface area (Å²) in [7, 11) is 0. The van der Waals surface area contributed by atoms with Crippen LogP contribution in [0, 0.1) is 0 Å². The number of carbonyl (C=O) groups is 1. The van der Waals surface area contributed by atoms with Crippen molar-refractivity contribution in [3.8, 4) is 0 Å². The van der Waals surface area contributed by atoms with Crippen LogP contribution in [0.15, 0.2) is 29.2 Å².